The van der Waals surface area contributed by atoms with E-state index in [1.807, 2.05) is 36.4 Å². The first-order valence-corrected chi connectivity index (χ1v) is 13.3. The number of ether oxygens (including phenoxy) is 3. The van der Waals surface area contributed by atoms with Crippen molar-refractivity contribution in [3.63, 3.8) is 0 Å². The van der Waals surface area contributed by atoms with Gasteiger partial charge in [-0.15, -0.1) is 0 Å². The predicted octanol–water partition coefficient (Wildman–Crippen LogP) is 7.60. The second-order valence-corrected chi connectivity index (χ2v) is 10.8. The fourth-order valence-electron chi connectivity index (χ4n) is 4.70. The van der Waals surface area contributed by atoms with E-state index in [0.29, 0.717) is 41.8 Å². The molecule has 0 unspecified atom stereocenters. The average molecular weight is 523 g/mol. The van der Waals surface area contributed by atoms with Crippen molar-refractivity contribution in [3.8, 4) is 17.2 Å². The molecule has 200 valence electrons. The van der Waals surface area contributed by atoms with Crippen molar-refractivity contribution in [3.05, 3.63) is 125 Å². The van der Waals surface area contributed by atoms with Crippen LogP contribution in [0.4, 0.5) is 0 Å². The maximum atomic E-state index is 13.1. The van der Waals surface area contributed by atoms with E-state index in [9.17, 15) is 9.90 Å². The summed E-state index contributed by atoms with van der Waals surface area (Å²) in [7, 11) is 0. The zero-order chi connectivity index (χ0) is 27.6. The lowest BCUT2D eigenvalue weighted by Crippen LogP contribution is -2.28. The molecule has 0 saturated carbocycles. The first kappa shape index (κ1) is 26.7. The largest absolute Gasteiger partial charge is 0.508 e. The quantitative estimate of drug-likeness (QED) is 0.241. The van der Waals surface area contributed by atoms with Crippen LogP contribution in [-0.2, 0) is 20.7 Å². The molecule has 5 nitrogen and oxygen atoms in total. The molecule has 4 aromatic carbocycles. The number of hydrogen-bond donors (Lipinski definition) is 1. The number of benzene rings is 4. The summed E-state index contributed by atoms with van der Waals surface area (Å²) in [5, 5.41) is 9.67. The lowest BCUT2D eigenvalue weighted by molar-refractivity contribution is -0.129. The van der Waals surface area contributed by atoms with Crippen LogP contribution in [-0.4, -0.2) is 24.1 Å². The first-order valence-electron chi connectivity index (χ1n) is 13.3. The summed E-state index contributed by atoms with van der Waals surface area (Å²) in [4.78, 5) is 13.1. The van der Waals surface area contributed by atoms with E-state index in [2.05, 4.69) is 39.8 Å². The average Bonchev–Trinajstić information content (AvgIpc) is 3.45. The Morgan fingerprint density at radius 1 is 0.744 bits per heavy atom. The van der Waals surface area contributed by atoms with Crippen LogP contribution in [0.1, 0.15) is 60.3 Å². The van der Waals surface area contributed by atoms with Gasteiger partial charge >= 0.3 is 0 Å². The third-order valence-corrected chi connectivity index (χ3v) is 7.86. The monoisotopic (exact) mass is 522 g/mol. The molecule has 39 heavy (non-hydrogen) atoms. The topological polar surface area (TPSA) is 65.0 Å². The second-order valence-electron chi connectivity index (χ2n) is 10.8. The van der Waals surface area contributed by atoms with Crippen molar-refractivity contribution in [2.24, 2.45) is 5.92 Å². The van der Waals surface area contributed by atoms with Crippen molar-refractivity contribution < 1.29 is 24.1 Å². The molecular weight excluding hydrogens is 488 g/mol. The van der Waals surface area contributed by atoms with Gasteiger partial charge in [0.05, 0.1) is 13.2 Å². The Labute approximate surface area is 230 Å². The Balaban J connectivity index is 1.28. The molecule has 1 fully saturated rings. The van der Waals surface area contributed by atoms with Gasteiger partial charge < -0.3 is 19.3 Å². The number of carbonyl (C=O) groups is 1. The molecule has 1 aliphatic heterocycles. The molecule has 4 aromatic rings. The highest BCUT2D eigenvalue weighted by Gasteiger charge is 2.40. The number of ketones is 1. The van der Waals surface area contributed by atoms with Crippen LogP contribution in [0.25, 0.3) is 0 Å². The van der Waals surface area contributed by atoms with Crippen LogP contribution < -0.4 is 4.74 Å². The fourth-order valence-corrected chi connectivity index (χ4v) is 4.70. The smallest absolute Gasteiger partial charge is 0.222 e. The molecular formula is C34H34O5. The summed E-state index contributed by atoms with van der Waals surface area (Å²) < 4.78 is 18.1. The molecule has 1 N–H and O–H groups in total. The lowest BCUT2D eigenvalue weighted by Gasteiger charge is -2.30. The van der Waals surface area contributed by atoms with Gasteiger partial charge in [-0.05, 0) is 89.7 Å². The molecule has 1 heterocycles. The summed E-state index contributed by atoms with van der Waals surface area (Å²) in [5.74, 6) is 0.933. The third kappa shape index (κ3) is 5.33. The number of hydrogen-bond acceptors (Lipinski definition) is 5. The van der Waals surface area contributed by atoms with Gasteiger partial charge in [0, 0.05) is 22.3 Å². The Morgan fingerprint density at radius 3 is 1.67 bits per heavy atom. The van der Waals surface area contributed by atoms with Crippen molar-refractivity contribution in [2.75, 3.05) is 13.2 Å². The molecule has 0 spiro atoms. The molecule has 0 radical (unpaired) electrons. The molecule has 0 aromatic heterocycles. The van der Waals surface area contributed by atoms with Crippen molar-refractivity contribution in [1.82, 2.24) is 0 Å². The summed E-state index contributed by atoms with van der Waals surface area (Å²) in [5.41, 5.74) is 4.19. The van der Waals surface area contributed by atoms with Crippen LogP contribution in [0.2, 0.25) is 0 Å². The summed E-state index contributed by atoms with van der Waals surface area (Å²) in [6, 6.07) is 29.5. The van der Waals surface area contributed by atoms with Crippen LogP contribution in [0.3, 0.4) is 0 Å². The van der Waals surface area contributed by atoms with E-state index in [-0.39, 0.29) is 16.9 Å². The fraction of sp³-hybridized carbons (Fsp3) is 0.265. The van der Waals surface area contributed by atoms with Crippen molar-refractivity contribution in [1.29, 1.82) is 0 Å². The van der Waals surface area contributed by atoms with Crippen LogP contribution >= 0.6 is 0 Å². The summed E-state index contributed by atoms with van der Waals surface area (Å²) in [6.45, 7) is 9.83. The van der Waals surface area contributed by atoms with E-state index in [0.717, 1.165) is 11.1 Å². The molecule has 0 aliphatic carbocycles. The number of phenols is 1. The lowest BCUT2D eigenvalue weighted by atomic mass is 9.75. The standard InChI is InChI=1S/C34H34O5/c1-23(2)33(3,4)26-9-5-24(6-10-26)32(36)25-7-17-30(18-8-25)39-31-19-13-28(14-20-31)34(37-21-22-38-34)27-11-15-29(35)16-12-27/h5-20,23,35H,21-22H2,1-4H3. The summed E-state index contributed by atoms with van der Waals surface area (Å²) >= 11 is 0. The normalized spacial score (nSPS) is 14.9. The number of phenolic OH excluding ortho intramolecular Hbond substituents is 1. The van der Waals surface area contributed by atoms with Crippen LogP contribution in [0, 0.1) is 5.92 Å². The van der Waals surface area contributed by atoms with Crippen molar-refractivity contribution >= 4 is 5.78 Å². The molecule has 5 rings (SSSR count). The summed E-state index contributed by atoms with van der Waals surface area (Å²) in [6.07, 6.45) is 0. The maximum Gasteiger partial charge on any atom is 0.222 e. The highest BCUT2D eigenvalue weighted by atomic mass is 16.7. The molecule has 1 aliphatic rings. The van der Waals surface area contributed by atoms with E-state index in [1.54, 1.807) is 48.5 Å². The van der Waals surface area contributed by atoms with Gasteiger partial charge in [-0.2, -0.15) is 0 Å². The highest BCUT2D eigenvalue weighted by Crippen LogP contribution is 2.40. The third-order valence-electron chi connectivity index (χ3n) is 7.86. The zero-order valence-corrected chi connectivity index (χ0v) is 22.8. The minimum Gasteiger partial charge on any atom is -0.508 e. The van der Waals surface area contributed by atoms with Gasteiger partial charge in [-0.25, -0.2) is 0 Å². The predicted molar refractivity (Wildman–Crippen MR) is 151 cm³/mol. The van der Waals surface area contributed by atoms with Crippen LogP contribution in [0.5, 0.6) is 17.2 Å². The van der Waals surface area contributed by atoms with Crippen LogP contribution in [0.15, 0.2) is 97.1 Å². The Bertz CT molecular complexity index is 1410. The highest BCUT2D eigenvalue weighted by molar-refractivity contribution is 6.09. The SMILES string of the molecule is CC(C)C(C)(C)c1ccc(C(=O)c2ccc(Oc3ccc(C4(c5ccc(O)cc5)OCCO4)cc3)cc2)cc1. The van der Waals surface area contributed by atoms with Gasteiger partial charge in [0.15, 0.2) is 5.78 Å². The minimum absolute atomic E-state index is 0.0177. The van der Waals surface area contributed by atoms with E-state index < -0.39 is 5.79 Å². The minimum atomic E-state index is -1.02. The van der Waals surface area contributed by atoms with Gasteiger partial charge in [-0.3, -0.25) is 4.79 Å². The van der Waals surface area contributed by atoms with Gasteiger partial charge in [0.25, 0.3) is 0 Å². The van der Waals surface area contributed by atoms with E-state index in [4.69, 9.17) is 14.2 Å². The van der Waals surface area contributed by atoms with Gasteiger partial charge in [-0.1, -0.05) is 52.0 Å². The zero-order valence-electron chi connectivity index (χ0n) is 22.8. The number of aromatic hydroxyl groups is 1. The van der Waals surface area contributed by atoms with Crippen molar-refractivity contribution in [2.45, 2.75) is 38.9 Å². The van der Waals surface area contributed by atoms with E-state index in [1.165, 1.54) is 5.56 Å². The Morgan fingerprint density at radius 2 is 1.18 bits per heavy atom. The molecule has 0 amide bonds. The number of carbonyl (C=O) groups excluding carboxylic acids is 1. The Kier molecular flexibility index (Phi) is 7.30. The first-order chi connectivity index (χ1) is 18.7. The Hall–Kier alpha value is -3.93. The molecule has 1 saturated heterocycles. The molecule has 5 heteroatoms. The van der Waals surface area contributed by atoms with Gasteiger partial charge in [0.1, 0.15) is 17.2 Å². The number of rotatable bonds is 8. The van der Waals surface area contributed by atoms with Gasteiger partial charge in [0.2, 0.25) is 5.79 Å². The van der Waals surface area contributed by atoms with E-state index >= 15 is 0 Å². The maximum absolute atomic E-state index is 13.1. The molecule has 0 bridgehead atoms. The molecule has 0 atom stereocenters. The second kappa shape index (κ2) is 10.7.